The van der Waals surface area contributed by atoms with Crippen molar-refractivity contribution < 1.29 is 18.8 Å². The monoisotopic (exact) mass is 439 g/mol. The van der Waals surface area contributed by atoms with Crippen molar-refractivity contribution in [1.82, 2.24) is 29.8 Å². The molecule has 2 saturated heterocycles. The predicted octanol–water partition coefficient (Wildman–Crippen LogP) is 1.34. The molecule has 0 saturated carbocycles. The lowest BCUT2D eigenvalue weighted by atomic mass is 10.0. The lowest BCUT2D eigenvalue weighted by Gasteiger charge is -2.37. The van der Waals surface area contributed by atoms with Gasteiger partial charge >= 0.3 is 0 Å². The molecule has 1 N–H and O–H groups in total. The molecule has 1 unspecified atom stereocenters. The number of rotatable bonds is 0. The largest absolute Gasteiger partial charge is 0.471 e. The van der Waals surface area contributed by atoms with Gasteiger partial charge < -0.3 is 15.0 Å². The van der Waals surface area contributed by atoms with E-state index in [1.165, 1.54) is 12.3 Å². The molecule has 2 bridgehead atoms. The summed E-state index contributed by atoms with van der Waals surface area (Å²) in [6.07, 6.45) is 5.37. The van der Waals surface area contributed by atoms with E-state index in [4.69, 9.17) is 9.57 Å². The molecule has 6 rings (SSSR count). The first-order valence-electron chi connectivity index (χ1n) is 10.6. The van der Waals surface area contributed by atoms with Gasteiger partial charge in [-0.15, -0.1) is 0 Å². The van der Waals surface area contributed by atoms with Crippen molar-refractivity contribution in [2.45, 2.75) is 31.0 Å². The molecule has 3 aliphatic heterocycles. The molecular formula is C21H22FN7O3. The molecule has 3 atom stereocenters. The molecule has 3 aromatic rings. The van der Waals surface area contributed by atoms with Gasteiger partial charge in [0.1, 0.15) is 17.5 Å². The Morgan fingerprint density at radius 1 is 1.28 bits per heavy atom. The summed E-state index contributed by atoms with van der Waals surface area (Å²) in [5.41, 5.74) is 1.40. The molecule has 3 aliphatic rings. The van der Waals surface area contributed by atoms with Crippen molar-refractivity contribution >= 4 is 17.4 Å². The summed E-state index contributed by atoms with van der Waals surface area (Å²) in [5.74, 6) is 0.129. The highest BCUT2D eigenvalue weighted by molar-refractivity contribution is 6.00. The quantitative estimate of drug-likeness (QED) is 0.561. The number of likely N-dealkylation sites (N-methyl/N-ethyl adjacent to an activating group) is 1. The van der Waals surface area contributed by atoms with Crippen molar-refractivity contribution in [3.8, 4) is 5.88 Å². The molecule has 2 fully saturated rings. The number of nitrogens with one attached hydrogen (secondary N) is 1. The zero-order valence-electron chi connectivity index (χ0n) is 17.4. The van der Waals surface area contributed by atoms with Crippen molar-refractivity contribution in [3.05, 3.63) is 47.7 Å². The topological polar surface area (TPSA) is 97.1 Å². The molecule has 166 valence electrons. The lowest BCUT2D eigenvalue weighted by Crippen LogP contribution is -2.55. The third-order valence-corrected chi connectivity index (χ3v) is 6.28. The number of hydroxylamine groups is 1. The van der Waals surface area contributed by atoms with Gasteiger partial charge in [-0.3, -0.25) is 9.63 Å². The van der Waals surface area contributed by atoms with E-state index in [-0.39, 0.29) is 24.1 Å². The summed E-state index contributed by atoms with van der Waals surface area (Å²) in [4.78, 5) is 30.1. The van der Waals surface area contributed by atoms with Gasteiger partial charge in [0.25, 0.3) is 5.91 Å². The fourth-order valence-corrected chi connectivity index (χ4v) is 4.64. The first-order valence-corrected chi connectivity index (χ1v) is 10.6. The molecule has 1 amide bonds. The minimum Gasteiger partial charge on any atom is -0.471 e. The smallest absolute Gasteiger partial charge is 0.257 e. The Morgan fingerprint density at radius 2 is 2.19 bits per heavy atom. The van der Waals surface area contributed by atoms with E-state index in [9.17, 15) is 9.18 Å². The van der Waals surface area contributed by atoms with Crippen LogP contribution in [0.1, 0.15) is 34.8 Å². The van der Waals surface area contributed by atoms with Gasteiger partial charge in [-0.2, -0.15) is 5.10 Å². The van der Waals surface area contributed by atoms with Crippen LogP contribution in [-0.4, -0.2) is 69.3 Å². The number of halogens is 1. The molecule has 11 heteroatoms. The highest BCUT2D eigenvalue weighted by Crippen LogP contribution is 2.38. The van der Waals surface area contributed by atoms with Crippen LogP contribution in [0.5, 0.6) is 5.88 Å². The summed E-state index contributed by atoms with van der Waals surface area (Å²) in [7, 11) is 2.00. The Hall–Kier alpha value is -3.31. The number of pyridine rings is 1. The maximum Gasteiger partial charge on any atom is 0.257 e. The molecule has 0 radical (unpaired) electrons. The standard InChI is InChI=1S/C21H22FN7O3/c1-27-5-2-15-17(11-27)32-21-13(8-12(22)9-23-21)16-4-7-31-29(16)18-3-6-28-19(26-18)14(10-24-28)20(30)25-15/h3,6,8-10,15-17H,2,4-5,7,11H2,1H3,(H,25,30)/t15-,16-,17?/m1/s1. The molecule has 10 nitrogen and oxygen atoms in total. The predicted molar refractivity (Wildman–Crippen MR) is 111 cm³/mol. The normalized spacial score (nSPS) is 25.8. The SMILES string of the molecule is CN1CC[C@H]2NC(=O)c3cnn4ccc(nc34)N3OCC[C@@H]3c3cc(F)cnc3OC2C1. The lowest BCUT2D eigenvalue weighted by molar-refractivity contribution is 0.0578. The van der Waals surface area contributed by atoms with E-state index in [0.29, 0.717) is 54.5 Å². The van der Waals surface area contributed by atoms with E-state index in [1.807, 2.05) is 7.05 Å². The van der Waals surface area contributed by atoms with E-state index in [2.05, 4.69) is 25.3 Å². The Balaban J connectivity index is 1.53. The first-order chi connectivity index (χ1) is 15.6. The Morgan fingerprint density at radius 3 is 3.09 bits per heavy atom. The summed E-state index contributed by atoms with van der Waals surface area (Å²) in [6.45, 7) is 1.86. The molecule has 0 aromatic carbocycles. The molecule has 3 aromatic heterocycles. The minimum absolute atomic E-state index is 0.242. The van der Waals surface area contributed by atoms with Crippen molar-refractivity contribution in [1.29, 1.82) is 0 Å². The van der Waals surface area contributed by atoms with Crippen molar-refractivity contribution in [2.24, 2.45) is 0 Å². The summed E-state index contributed by atoms with van der Waals surface area (Å²) in [6, 6.07) is 2.62. The van der Waals surface area contributed by atoms with Crippen LogP contribution in [0.25, 0.3) is 5.65 Å². The summed E-state index contributed by atoms with van der Waals surface area (Å²) in [5, 5.41) is 9.00. The van der Waals surface area contributed by atoms with E-state index >= 15 is 0 Å². The number of amides is 1. The number of hydrogen-bond acceptors (Lipinski definition) is 8. The second-order valence-corrected chi connectivity index (χ2v) is 8.41. The molecule has 6 heterocycles. The van der Waals surface area contributed by atoms with Gasteiger partial charge in [-0.25, -0.2) is 23.9 Å². The van der Waals surface area contributed by atoms with E-state index < -0.39 is 5.82 Å². The van der Waals surface area contributed by atoms with Crippen LogP contribution >= 0.6 is 0 Å². The molecule has 0 aliphatic carbocycles. The zero-order valence-corrected chi connectivity index (χ0v) is 17.4. The Bertz CT molecular complexity index is 1200. The van der Waals surface area contributed by atoms with Gasteiger partial charge in [0.2, 0.25) is 5.88 Å². The van der Waals surface area contributed by atoms with Gasteiger partial charge in [0.15, 0.2) is 11.5 Å². The number of nitrogens with zero attached hydrogens (tertiary/aromatic N) is 6. The number of ether oxygens (including phenoxy) is 1. The van der Waals surface area contributed by atoms with Crippen LogP contribution in [-0.2, 0) is 4.84 Å². The average Bonchev–Trinajstić information content (AvgIpc) is 3.43. The van der Waals surface area contributed by atoms with Gasteiger partial charge in [0.05, 0.1) is 31.1 Å². The van der Waals surface area contributed by atoms with E-state index in [1.54, 1.807) is 21.8 Å². The second-order valence-electron chi connectivity index (χ2n) is 8.41. The van der Waals surface area contributed by atoms with Crippen LogP contribution < -0.4 is 15.1 Å². The number of piperidine rings is 1. The summed E-state index contributed by atoms with van der Waals surface area (Å²) < 4.78 is 22.2. The number of likely N-dealkylation sites (tertiary alicyclic amines) is 1. The third-order valence-electron chi connectivity index (χ3n) is 6.28. The molecular weight excluding hydrogens is 417 g/mol. The van der Waals surface area contributed by atoms with Crippen LogP contribution in [0, 0.1) is 5.82 Å². The molecule has 0 spiro atoms. The highest BCUT2D eigenvalue weighted by atomic mass is 19.1. The maximum atomic E-state index is 14.3. The number of fused-ring (bicyclic) bond motifs is 6. The number of carbonyl (C=O) groups excluding carboxylic acids is 1. The third kappa shape index (κ3) is 3.16. The number of anilines is 1. The fourth-order valence-electron chi connectivity index (χ4n) is 4.64. The molecule has 32 heavy (non-hydrogen) atoms. The Labute approximate surface area is 182 Å². The number of aromatic nitrogens is 4. The van der Waals surface area contributed by atoms with Gasteiger partial charge in [0, 0.05) is 37.3 Å². The average molecular weight is 439 g/mol. The van der Waals surface area contributed by atoms with Crippen LogP contribution in [0.15, 0.2) is 30.7 Å². The van der Waals surface area contributed by atoms with Gasteiger partial charge in [-0.05, 0) is 19.5 Å². The zero-order chi connectivity index (χ0) is 21.8. The van der Waals surface area contributed by atoms with Crippen LogP contribution in [0.4, 0.5) is 10.2 Å². The fraction of sp³-hybridized carbons (Fsp3) is 0.429. The van der Waals surface area contributed by atoms with Gasteiger partial charge in [-0.1, -0.05) is 0 Å². The highest BCUT2D eigenvalue weighted by Gasteiger charge is 2.37. The maximum absolute atomic E-state index is 14.3. The second kappa shape index (κ2) is 7.38. The van der Waals surface area contributed by atoms with Crippen LogP contribution in [0.2, 0.25) is 0 Å². The minimum atomic E-state index is -0.449. The van der Waals surface area contributed by atoms with Crippen molar-refractivity contribution in [2.75, 3.05) is 31.8 Å². The van der Waals surface area contributed by atoms with Crippen LogP contribution in [0.3, 0.4) is 0 Å². The van der Waals surface area contributed by atoms with E-state index in [0.717, 1.165) is 12.7 Å². The van der Waals surface area contributed by atoms with Crippen molar-refractivity contribution in [3.63, 3.8) is 0 Å². The Kier molecular flexibility index (Phi) is 4.47. The summed E-state index contributed by atoms with van der Waals surface area (Å²) >= 11 is 0. The number of carbonyl (C=O) groups is 1. The first kappa shape index (κ1) is 19.4. The number of hydrogen-bond donors (Lipinski definition) is 1.